The number of carbonyl (C=O) groups excluding carboxylic acids is 1. The minimum Gasteiger partial charge on any atom is -0.434 e. The number of aromatic nitrogens is 5. The summed E-state index contributed by atoms with van der Waals surface area (Å²) in [6.07, 6.45) is 7.14. The first-order chi connectivity index (χ1) is 27.0. The molecule has 0 radical (unpaired) electrons. The van der Waals surface area contributed by atoms with Gasteiger partial charge < -0.3 is 19.4 Å². The van der Waals surface area contributed by atoms with E-state index in [4.69, 9.17) is 14.6 Å². The molecule has 0 bridgehead atoms. The quantitative estimate of drug-likeness (QED) is 0.143. The second kappa shape index (κ2) is 15.4. The second-order valence-electron chi connectivity index (χ2n) is 14.5. The summed E-state index contributed by atoms with van der Waals surface area (Å²) in [5.74, 6) is 0.378. The van der Waals surface area contributed by atoms with Crippen molar-refractivity contribution < 1.29 is 27.4 Å². The van der Waals surface area contributed by atoms with E-state index in [0.717, 1.165) is 54.6 Å². The molecule has 5 heterocycles. The van der Waals surface area contributed by atoms with Crippen molar-refractivity contribution in [2.75, 3.05) is 32.1 Å². The molecule has 2 aliphatic heterocycles. The lowest BCUT2D eigenvalue weighted by Crippen LogP contribution is -2.36. The van der Waals surface area contributed by atoms with Gasteiger partial charge in [-0.25, -0.2) is 13.9 Å². The Balaban J connectivity index is 1.18. The molecular weight excluding hydrogens is 740 g/mol. The zero-order chi connectivity index (χ0) is 39.2. The molecule has 8 rings (SSSR count). The molecule has 0 spiro atoms. The van der Waals surface area contributed by atoms with Crippen molar-refractivity contribution in [3.8, 4) is 22.9 Å². The fourth-order valence-electron chi connectivity index (χ4n) is 8.13. The number of carbonyl (C=O) groups is 1. The number of benzene rings is 3. The van der Waals surface area contributed by atoms with Gasteiger partial charge in [0, 0.05) is 66.4 Å². The Morgan fingerprint density at radius 1 is 0.982 bits per heavy atom. The number of aromatic amines is 1. The highest BCUT2D eigenvalue weighted by molar-refractivity contribution is 7.65. The van der Waals surface area contributed by atoms with Gasteiger partial charge in [-0.2, -0.15) is 13.9 Å². The van der Waals surface area contributed by atoms with Crippen LogP contribution in [0.25, 0.3) is 28.1 Å². The van der Waals surface area contributed by atoms with Crippen molar-refractivity contribution in [2.45, 2.75) is 66.0 Å². The van der Waals surface area contributed by atoms with E-state index >= 15 is 0 Å². The number of alkyl halides is 2. The number of amides is 1. The lowest BCUT2D eigenvalue weighted by molar-refractivity contribution is -0.0491. The maximum absolute atomic E-state index is 14.9. The summed E-state index contributed by atoms with van der Waals surface area (Å²) >= 11 is 0. The van der Waals surface area contributed by atoms with E-state index in [1.165, 1.54) is 20.8 Å². The molecule has 3 aromatic carbocycles. The van der Waals surface area contributed by atoms with Crippen molar-refractivity contribution >= 4 is 30.0 Å². The summed E-state index contributed by atoms with van der Waals surface area (Å²) in [7, 11) is -0.725. The minimum atomic E-state index is -3.02. The maximum Gasteiger partial charge on any atom is 0.387 e. The van der Waals surface area contributed by atoms with Crippen LogP contribution in [0.3, 0.4) is 0 Å². The number of halogens is 3. The highest BCUT2D eigenvalue weighted by Gasteiger charge is 2.31. The van der Waals surface area contributed by atoms with Gasteiger partial charge in [-0.3, -0.25) is 13.9 Å². The number of H-pyrrole nitrogens is 1. The molecule has 0 aliphatic carbocycles. The van der Waals surface area contributed by atoms with Gasteiger partial charge >= 0.3 is 12.3 Å². The average Bonchev–Trinajstić information content (AvgIpc) is 3.91. The van der Waals surface area contributed by atoms with Crippen molar-refractivity contribution in [3.05, 3.63) is 117 Å². The van der Waals surface area contributed by atoms with Gasteiger partial charge in [-0.15, -0.1) is 0 Å². The highest BCUT2D eigenvalue weighted by Crippen LogP contribution is 2.38. The third-order valence-electron chi connectivity index (χ3n) is 11.1. The predicted octanol–water partition coefficient (Wildman–Crippen LogP) is 7.89. The minimum absolute atomic E-state index is 0.0533. The number of aryl methyl sites for hydroxylation is 2. The second-order valence-corrected chi connectivity index (χ2v) is 17.3. The first-order valence-corrected chi connectivity index (χ1v) is 20.8. The monoisotopic (exact) mass is 784 g/mol. The molecule has 292 valence electrons. The van der Waals surface area contributed by atoms with Crippen LogP contribution in [0.1, 0.15) is 71.0 Å². The molecule has 2 aliphatic rings. The Labute approximate surface area is 323 Å². The summed E-state index contributed by atoms with van der Waals surface area (Å²) in [6, 6.07) is 16.6. The summed E-state index contributed by atoms with van der Waals surface area (Å²) in [5, 5.41) is 6.64. The maximum atomic E-state index is 14.9. The molecule has 1 saturated heterocycles. The normalized spacial score (nSPS) is 15.0. The molecule has 0 atom stereocenters. The molecule has 10 nitrogen and oxygen atoms in total. The summed E-state index contributed by atoms with van der Waals surface area (Å²) < 4.78 is 57.1. The summed E-state index contributed by atoms with van der Waals surface area (Å²) in [5.41, 5.74) is 5.26. The van der Waals surface area contributed by atoms with Crippen LogP contribution in [0.4, 0.5) is 13.2 Å². The number of rotatable bonds is 10. The van der Waals surface area contributed by atoms with Crippen LogP contribution in [0.2, 0.25) is 0 Å². The molecule has 1 N–H and O–H groups in total. The molecule has 56 heavy (non-hydrogen) atoms. The Hall–Kier alpha value is -5.13. The Bertz CT molecular complexity index is 2470. The van der Waals surface area contributed by atoms with Crippen LogP contribution < -0.4 is 15.7 Å². The predicted molar refractivity (Wildman–Crippen MR) is 212 cm³/mol. The number of imidazole rings is 1. The molecule has 3 aromatic heterocycles. The largest absolute Gasteiger partial charge is 0.434 e. The Morgan fingerprint density at radius 2 is 1.71 bits per heavy atom. The van der Waals surface area contributed by atoms with Gasteiger partial charge in [0.25, 0.3) is 5.91 Å². The van der Waals surface area contributed by atoms with E-state index in [2.05, 4.69) is 17.1 Å². The molecule has 14 heteroatoms. The van der Waals surface area contributed by atoms with Gasteiger partial charge in [-0.05, 0) is 104 Å². The molecule has 6 aromatic rings. The van der Waals surface area contributed by atoms with E-state index < -0.39 is 20.2 Å². The Kier molecular flexibility index (Phi) is 10.4. The number of nitrogens with one attached hydrogen (secondary N) is 1. The first-order valence-electron chi connectivity index (χ1n) is 19.1. The van der Waals surface area contributed by atoms with Crippen molar-refractivity contribution in [1.29, 1.82) is 0 Å². The Morgan fingerprint density at radius 3 is 2.43 bits per heavy atom. The standard InChI is InChI=1S/C42H44F3N6O4P/c1-5-56(6-2)37-10-8-30(23-36(37)55-41(44)45)49-15-16-50(42(49)53)39-32-24-48(14-11-34(32)47-51(39)31-19-25(3)38(43)26(4)20-31)40(52)35-22-29-21-28(7-9-33(29)46-35)27-12-17-54-18-13-27/h7-10,15-16,19-23,27,41,46H,5-6,11-14,17-18,24H2,1-4H3. The van der Waals surface area contributed by atoms with Crippen LogP contribution in [0, 0.1) is 19.7 Å². The number of nitrogens with zero attached hydrogens (tertiary/aromatic N) is 5. The fraction of sp³-hybridized carbons (Fsp3) is 0.357. The molecule has 0 unspecified atom stereocenters. The van der Waals surface area contributed by atoms with Crippen LogP contribution in [0.5, 0.6) is 5.75 Å². The van der Waals surface area contributed by atoms with Gasteiger partial charge in [0.15, 0.2) is 0 Å². The first kappa shape index (κ1) is 37.8. The SMILES string of the molecule is CCP(CC)c1ccc(-n2ccn(-c3c4c(nn3-c3cc(C)c(F)c(C)c3)CCN(C(=O)c3cc5cc(C6CCOCC6)ccc5[nH]3)C4)c2=O)cc1OC(F)F. The van der Waals surface area contributed by atoms with Gasteiger partial charge in [-0.1, -0.05) is 27.8 Å². The van der Waals surface area contributed by atoms with Gasteiger partial charge in [0.2, 0.25) is 0 Å². The molecular formula is C42H44F3N6O4P. The van der Waals surface area contributed by atoms with E-state index in [1.54, 1.807) is 60.1 Å². The molecule has 0 saturated carbocycles. The third-order valence-corrected chi connectivity index (χ3v) is 13.7. The fourth-order valence-corrected chi connectivity index (χ4v) is 9.97. The molecule has 1 amide bonds. The topological polar surface area (TPSA) is 99.3 Å². The number of fused-ring (bicyclic) bond motifs is 2. The summed E-state index contributed by atoms with van der Waals surface area (Å²) in [4.78, 5) is 33.7. The third kappa shape index (κ3) is 6.96. The lowest BCUT2D eigenvalue weighted by Gasteiger charge is -2.26. The van der Waals surface area contributed by atoms with Crippen LogP contribution in [-0.2, 0) is 17.7 Å². The smallest absolute Gasteiger partial charge is 0.387 e. The van der Waals surface area contributed by atoms with Crippen LogP contribution in [-0.4, -0.2) is 73.4 Å². The van der Waals surface area contributed by atoms with E-state index in [9.17, 15) is 22.8 Å². The van der Waals surface area contributed by atoms with Crippen LogP contribution >= 0.6 is 7.92 Å². The highest BCUT2D eigenvalue weighted by atomic mass is 31.1. The van der Waals surface area contributed by atoms with Gasteiger partial charge in [0.1, 0.15) is 23.1 Å². The summed E-state index contributed by atoms with van der Waals surface area (Å²) in [6.45, 7) is 6.43. The van der Waals surface area contributed by atoms with E-state index in [-0.39, 0.29) is 24.0 Å². The zero-order valence-electron chi connectivity index (χ0n) is 31.8. The van der Waals surface area contributed by atoms with Gasteiger partial charge in [0.05, 0.1) is 23.6 Å². The zero-order valence-corrected chi connectivity index (χ0v) is 32.7. The van der Waals surface area contributed by atoms with Crippen molar-refractivity contribution in [3.63, 3.8) is 0 Å². The van der Waals surface area contributed by atoms with E-state index in [0.29, 0.717) is 64.2 Å². The number of hydrogen-bond donors (Lipinski definition) is 1. The molecule has 1 fully saturated rings. The van der Waals surface area contributed by atoms with Crippen LogP contribution in [0.15, 0.2) is 71.8 Å². The van der Waals surface area contributed by atoms with E-state index in [1.807, 2.05) is 26.0 Å². The van der Waals surface area contributed by atoms with Crippen molar-refractivity contribution in [1.82, 2.24) is 28.8 Å². The number of ether oxygens (including phenoxy) is 2. The van der Waals surface area contributed by atoms with Crippen molar-refractivity contribution in [2.24, 2.45) is 0 Å². The lowest BCUT2D eigenvalue weighted by atomic mass is 9.91. The number of hydrogen-bond acceptors (Lipinski definition) is 5. The average molecular weight is 785 g/mol.